The van der Waals surface area contributed by atoms with Crippen molar-refractivity contribution in [1.29, 1.82) is 0 Å². The van der Waals surface area contributed by atoms with E-state index in [9.17, 15) is 9.59 Å². The van der Waals surface area contributed by atoms with Crippen LogP contribution in [0.3, 0.4) is 0 Å². The summed E-state index contributed by atoms with van der Waals surface area (Å²) >= 11 is 0. The highest BCUT2D eigenvalue weighted by Gasteiger charge is 2.14. The van der Waals surface area contributed by atoms with E-state index in [0.29, 0.717) is 6.42 Å². The van der Waals surface area contributed by atoms with Gasteiger partial charge < -0.3 is 10.1 Å². The number of nitrogens with one attached hydrogen (secondary N) is 1. The number of carbonyl (C=O) groups is 1. The zero-order valence-corrected chi connectivity index (χ0v) is 13.6. The Balaban J connectivity index is 1.57. The minimum absolute atomic E-state index is 0.161. The van der Waals surface area contributed by atoms with Crippen LogP contribution < -0.4 is 5.32 Å². The fourth-order valence-corrected chi connectivity index (χ4v) is 2.63. The van der Waals surface area contributed by atoms with Crippen molar-refractivity contribution in [3.63, 3.8) is 0 Å². The van der Waals surface area contributed by atoms with Crippen molar-refractivity contribution >= 4 is 23.2 Å². The lowest BCUT2D eigenvalue weighted by atomic mass is 10.0. The first-order valence-electron chi connectivity index (χ1n) is 8.07. The third kappa shape index (κ3) is 4.67. The summed E-state index contributed by atoms with van der Waals surface area (Å²) in [5, 5.41) is 4.78. The summed E-state index contributed by atoms with van der Waals surface area (Å²) in [4.78, 5) is 23.1. The van der Waals surface area contributed by atoms with E-state index in [1.54, 1.807) is 0 Å². The Hall–Kier alpha value is -3.14. The maximum absolute atomic E-state index is 11.9. The second-order valence-corrected chi connectivity index (χ2v) is 5.76. The van der Waals surface area contributed by atoms with Crippen molar-refractivity contribution in [2.75, 3.05) is 0 Å². The van der Waals surface area contributed by atoms with Crippen LogP contribution in [0.1, 0.15) is 11.1 Å². The number of rotatable bonds is 6. The smallest absolute Gasteiger partial charge is 0.408 e. The Kier molecular flexibility index (Phi) is 5.42. The summed E-state index contributed by atoms with van der Waals surface area (Å²) in [6, 6.07) is 22.6. The molecule has 3 aromatic carbocycles. The molecule has 0 bridgehead atoms. The van der Waals surface area contributed by atoms with Crippen LogP contribution in [0.15, 0.2) is 72.8 Å². The van der Waals surface area contributed by atoms with Gasteiger partial charge >= 0.3 is 6.09 Å². The summed E-state index contributed by atoms with van der Waals surface area (Å²) in [5.41, 5.74) is 1.84. The molecule has 0 spiro atoms. The van der Waals surface area contributed by atoms with Crippen molar-refractivity contribution < 1.29 is 14.3 Å². The van der Waals surface area contributed by atoms with E-state index in [0.717, 1.165) is 21.9 Å². The molecule has 0 heterocycles. The van der Waals surface area contributed by atoms with E-state index in [-0.39, 0.29) is 6.61 Å². The molecule has 3 rings (SSSR count). The molecular formula is C21H18NO3. The van der Waals surface area contributed by atoms with Gasteiger partial charge in [0.25, 0.3) is 0 Å². The summed E-state index contributed by atoms with van der Waals surface area (Å²) in [6.45, 7) is 0.161. The van der Waals surface area contributed by atoms with Gasteiger partial charge in [0.2, 0.25) is 6.29 Å². The summed E-state index contributed by atoms with van der Waals surface area (Å²) in [5.74, 6) is 0. The summed E-state index contributed by atoms with van der Waals surface area (Å²) in [7, 11) is 0. The Morgan fingerprint density at radius 2 is 1.64 bits per heavy atom. The number of ether oxygens (including phenoxy) is 1. The maximum Gasteiger partial charge on any atom is 0.408 e. The molecule has 1 amide bonds. The SMILES string of the molecule is O=[C]C(Cc1ccc2ccccc2c1)NC(=O)OCc1ccccc1. The average Bonchev–Trinajstić information content (AvgIpc) is 2.66. The van der Waals surface area contributed by atoms with Crippen LogP contribution in [0.25, 0.3) is 10.8 Å². The summed E-state index contributed by atoms with van der Waals surface area (Å²) in [6.07, 6.45) is 1.61. The fourth-order valence-electron chi connectivity index (χ4n) is 2.63. The normalized spacial score (nSPS) is 11.7. The molecule has 0 aromatic heterocycles. The molecule has 4 nitrogen and oxygen atoms in total. The van der Waals surface area contributed by atoms with Gasteiger partial charge in [0.05, 0.1) is 0 Å². The van der Waals surface area contributed by atoms with E-state index < -0.39 is 12.1 Å². The van der Waals surface area contributed by atoms with Gasteiger partial charge in [-0.15, -0.1) is 0 Å². The Morgan fingerprint density at radius 3 is 2.40 bits per heavy atom. The number of carbonyl (C=O) groups excluding carboxylic acids is 2. The number of amides is 1. The highest BCUT2D eigenvalue weighted by Crippen LogP contribution is 2.16. The van der Waals surface area contributed by atoms with Crippen LogP contribution in [0.4, 0.5) is 4.79 Å². The van der Waals surface area contributed by atoms with E-state index >= 15 is 0 Å². The van der Waals surface area contributed by atoms with Crippen LogP contribution in [0.5, 0.6) is 0 Å². The molecule has 0 fully saturated rings. The third-order valence-corrected chi connectivity index (χ3v) is 3.90. The minimum Gasteiger partial charge on any atom is -0.445 e. The third-order valence-electron chi connectivity index (χ3n) is 3.90. The molecule has 1 N–H and O–H groups in total. The van der Waals surface area contributed by atoms with E-state index in [2.05, 4.69) is 5.32 Å². The van der Waals surface area contributed by atoms with Gasteiger partial charge in [-0.25, -0.2) is 4.79 Å². The van der Waals surface area contributed by atoms with Gasteiger partial charge in [0, 0.05) is 6.42 Å². The van der Waals surface area contributed by atoms with Crippen LogP contribution in [-0.2, 0) is 22.6 Å². The van der Waals surface area contributed by atoms with Crippen molar-refractivity contribution in [2.24, 2.45) is 0 Å². The molecule has 125 valence electrons. The molecule has 1 unspecified atom stereocenters. The Bertz CT molecular complexity index is 861. The van der Waals surface area contributed by atoms with E-state index in [4.69, 9.17) is 4.74 Å². The van der Waals surface area contributed by atoms with Gasteiger partial charge in [-0.3, -0.25) is 4.79 Å². The molecule has 0 aliphatic carbocycles. The molecule has 0 aliphatic heterocycles. The number of hydrogen-bond donors (Lipinski definition) is 1. The number of fused-ring (bicyclic) bond motifs is 1. The molecule has 1 radical (unpaired) electrons. The molecule has 0 saturated heterocycles. The monoisotopic (exact) mass is 332 g/mol. The molecule has 3 aromatic rings. The van der Waals surface area contributed by atoms with Crippen molar-refractivity contribution in [3.8, 4) is 0 Å². The second kappa shape index (κ2) is 8.11. The lowest BCUT2D eigenvalue weighted by Crippen LogP contribution is -2.37. The fraction of sp³-hybridized carbons (Fsp3) is 0.143. The number of benzene rings is 3. The molecule has 25 heavy (non-hydrogen) atoms. The average molecular weight is 332 g/mol. The zero-order valence-electron chi connectivity index (χ0n) is 13.6. The predicted octanol–water partition coefficient (Wildman–Crippen LogP) is 3.79. The van der Waals surface area contributed by atoms with Crippen molar-refractivity contribution in [3.05, 3.63) is 83.9 Å². The van der Waals surface area contributed by atoms with Crippen LogP contribution >= 0.6 is 0 Å². The quantitative estimate of drug-likeness (QED) is 0.747. The second-order valence-electron chi connectivity index (χ2n) is 5.76. The predicted molar refractivity (Wildman–Crippen MR) is 96.9 cm³/mol. The lowest BCUT2D eigenvalue weighted by Gasteiger charge is -2.13. The first kappa shape index (κ1) is 16.7. The van der Waals surface area contributed by atoms with Crippen LogP contribution in [-0.4, -0.2) is 18.4 Å². The van der Waals surface area contributed by atoms with Crippen LogP contribution in [0, 0.1) is 0 Å². The first-order chi connectivity index (χ1) is 12.2. The topological polar surface area (TPSA) is 55.4 Å². The van der Waals surface area contributed by atoms with Crippen LogP contribution in [0.2, 0.25) is 0 Å². The molecule has 1 atom stereocenters. The molecule has 0 saturated carbocycles. The van der Waals surface area contributed by atoms with E-state index in [1.165, 1.54) is 0 Å². The van der Waals surface area contributed by atoms with Crippen molar-refractivity contribution in [1.82, 2.24) is 5.32 Å². The molecular weight excluding hydrogens is 314 g/mol. The molecule has 4 heteroatoms. The largest absolute Gasteiger partial charge is 0.445 e. The maximum atomic E-state index is 11.9. The van der Waals surface area contributed by atoms with Gasteiger partial charge in [-0.05, 0) is 21.9 Å². The highest BCUT2D eigenvalue weighted by atomic mass is 16.5. The highest BCUT2D eigenvalue weighted by molar-refractivity contribution is 5.83. The zero-order chi connectivity index (χ0) is 17.5. The molecule has 0 aliphatic rings. The Morgan fingerprint density at radius 1 is 0.920 bits per heavy atom. The number of hydrogen-bond acceptors (Lipinski definition) is 3. The van der Waals surface area contributed by atoms with Gasteiger partial charge in [-0.2, -0.15) is 0 Å². The van der Waals surface area contributed by atoms with Crippen molar-refractivity contribution in [2.45, 2.75) is 19.1 Å². The number of alkyl carbamates (subject to hydrolysis) is 1. The lowest BCUT2D eigenvalue weighted by molar-refractivity contribution is 0.138. The Labute approximate surface area is 146 Å². The standard InChI is InChI=1S/C21H18NO3/c23-14-20(22-21(24)25-15-16-6-2-1-3-7-16)13-17-10-11-18-8-4-5-9-19(18)12-17/h1-12,20H,13,15H2,(H,22,24). The first-order valence-corrected chi connectivity index (χ1v) is 8.07. The van der Waals surface area contributed by atoms with Gasteiger partial charge in [0.15, 0.2) is 0 Å². The minimum atomic E-state index is -0.746. The summed E-state index contributed by atoms with van der Waals surface area (Å²) < 4.78 is 5.14. The van der Waals surface area contributed by atoms with E-state index in [1.807, 2.05) is 79.1 Å². The van der Waals surface area contributed by atoms with Gasteiger partial charge in [-0.1, -0.05) is 72.8 Å². The van der Waals surface area contributed by atoms with Gasteiger partial charge in [0.1, 0.15) is 12.6 Å².